The Bertz CT molecular complexity index is 1150. The SMILES string of the molecule is Cc1c(CCC(=O)NC[C@@H](C)C(=O)O)c2cc(O)ccc2n1C(=O)c1ccc(Cl)cc1. The van der Waals surface area contributed by atoms with Gasteiger partial charge < -0.3 is 15.5 Å². The highest BCUT2D eigenvalue weighted by molar-refractivity contribution is 6.30. The molecule has 1 amide bonds. The Balaban J connectivity index is 1.90. The number of carbonyl (C=O) groups is 3. The van der Waals surface area contributed by atoms with Gasteiger partial charge in [-0.1, -0.05) is 18.5 Å². The van der Waals surface area contributed by atoms with Crippen molar-refractivity contribution in [2.24, 2.45) is 5.92 Å². The maximum absolute atomic E-state index is 13.2. The second-order valence-electron chi connectivity index (χ2n) is 7.46. The molecule has 0 bridgehead atoms. The van der Waals surface area contributed by atoms with Gasteiger partial charge in [-0.05, 0) is 61.4 Å². The van der Waals surface area contributed by atoms with Crippen molar-refractivity contribution in [2.75, 3.05) is 6.54 Å². The van der Waals surface area contributed by atoms with E-state index in [0.29, 0.717) is 33.6 Å². The molecule has 3 N–H and O–H groups in total. The molecular formula is C23H23ClN2O5. The summed E-state index contributed by atoms with van der Waals surface area (Å²) in [4.78, 5) is 36.3. The number of aliphatic carboxylic acids is 1. The van der Waals surface area contributed by atoms with E-state index < -0.39 is 11.9 Å². The van der Waals surface area contributed by atoms with Gasteiger partial charge in [0.15, 0.2) is 0 Å². The molecule has 0 aliphatic rings. The fourth-order valence-electron chi connectivity index (χ4n) is 3.45. The lowest BCUT2D eigenvalue weighted by Crippen LogP contribution is -2.31. The monoisotopic (exact) mass is 442 g/mol. The highest BCUT2D eigenvalue weighted by atomic mass is 35.5. The van der Waals surface area contributed by atoms with Crippen LogP contribution in [0.4, 0.5) is 0 Å². The minimum atomic E-state index is -0.976. The number of nitrogens with zero attached hydrogens (tertiary/aromatic N) is 1. The summed E-state index contributed by atoms with van der Waals surface area (Å²) in [5, 5.41) is 22.7. The van der Waals surface area contributed by atoms with E-state index in [1.807, 2.05) is 0 Å². The standard InChI is InChI=1S/C23H23ClN2O5/c1-13(23(30)31)12-25-21(28)10-8-18-14(2)26(20-9-7-17(27)11-19(18)20)22(29)15-3-5-16(24)6-4-15/h3-7,9,11,13,27H,8,10,12H2,1-2H3,(H,25,28)(H,30,31)/t13-/m1/s1. The number of aromatic hydroxyl groups is 1. The normalized spacial score (nSPS) is 12.0. The maximum Gasteiger partial charge on any atom is 0.308 e. The lowest BCUT2D eigenvalue weighted by Gasteiger charge is -2.09. The predicted molar refractivity (Wildman–Crippen MR) is 118 cm³/mol. The zero-order valence-corrected chi connectivity index (χ0v) is 17.9. The van der Waals surface area contributed by atoms with Crippen LogP contribution in [0.1, 0.15) is 35.0 Å². The Hall–Kier alpha value is -3.32. The molecule has 0 fully saturated rings. The molecule has 0 aliphatic carbocycles. The van der Waals surface area contributed by atoms with Crippen LogP contribution in [0.15, 0.2) is 42.5 Å². The van der Waals surface area contributed by atoms with Gasteiger partial charge in [-0.25, -0.2) is 0 Å². The molecule has 31 heavy (non-hydrogen) atoms. The van der Waals surface area contributed by atoms with Crippen molar-refractivity contribution >= 4 is 40.3 Å². The number of nitrogens with one attached hydrogen (secondary N) is 1. The Kier molecular flexibility index (Phi) is 6.65. The molecule has 1 atom stereocenters. The maximum atomic E-state index is 13.2. The number of carboxylic acids is 1. The van der Waals surface area contributed by atoms with Gasteiger partial charge in [-0.15, -0.1) is 0 Å². The van der Waals surface area contributed by atoms with Gasteiger partial charge in [0.1, 0.15) is 5.75 Å². The van der Waals surface area contributed by atoms with Gasteiger partial charge in [0.2, 0.25) is 5.91 Å². The summed E-state index contributed by atoms with van der Waals surface area (Å²) in [6.45, 7) is 3.36. The predicted octanol–water partition coefficient (Wildman–Crippen LogP) is 3.77. The van der Waals surface area contributed by atoms with Gasteiger partial charge in [0.05, 0.1) is 11.4 Å². The van der Waals surface area contributed by atoms with Crippen LogP contribution in [0, 0.1) is 12.8 Å². The van der Waals surface area contributed by atoms with Crippen LogP contribution in [-0.2, 0) is 16.0 Å². The first kappa shape index (κ1) is 22.4. The molecule has 2 aromatic carbocycles. The second kappa shape index (κ2) is 9.22. The van der Waals surface area contributed by atoms with E-state index in [-0.39, 0.29) is 30.5 Å². The van der Waals surface area contributed by atoms with Gasteiger partial charge in [0.25, 0.3) is 5.91 Å². The number of carboxylic acid groups (broad SMARTS) is 1. The minimum absolute atomic E-state index is 0.0464. The number of amides is 1. The molecule has 162 valence electrons. The molecule has 1 aromatic heterocycles. The number of rotatable bonds is 7. The molecule has 7 nitrogen and oxygen atoms in total. The van der Waals surface area contributed by atoms with E-state index in [1.54, 1.807) is 47.9 Å². The first-order valence-electron chi connectivity index (χ1n) is 9.81. The zero-order valence-electron chi connectivity index (χ0n) is 17.2. The van der Waals surface area contributed by atoms with Crippen molar-refractivity contribution in [3.63, 3.8) is 0 Å². The fourth-order valence-corrected chi connectivity index (χ4v) is 3.58. The van der Waals surface area contributed by atoms with Crippen LogP contribution in [0.5, 0.6) is 5.75 Å². The Morgan fingerprint density at radius 1 is 1.13 bits per heavy atom. The fraction of sp³-hybridized carbons (Fsp3) is 0.261. The number of carbonyl (C=O) groups excluding carboxylic acids is 2. The number of fused-ring (bicyclic) bond motifs is 1. The molecule has 0 spiro atoms. The molecule has 0 saturated heterocycles. The van der Waals surface area contributed by atoms with E-state index in [0.717, 1.165) is 5.56 Å². The molecule has 0 saturated carbocycles. The third kappa shape index (κ3) is 4.88. The molecule has 0 unspecified atom stereocenters. The second-order valence-corrected chi connectivity index (χ2v) is 7.89. The topological polar surface area (TPSA) is 109 Å². The van der Waals surface area contributed by atoms with Crippen molar-refractivity contribution in [1.29, 1.82) is 0 Å². The van der Waals surface area contributed by atoms with Crippen molar-refractivity contribution in [3.05, 3.63) is 64.3 Å². The van der Waals surface area contributed by atoms with Gasteiger partial charge >= 0.3 is 5.97 Å². The number of hydrogen-bond acceptors (Lipinski definition) is 4. The summed E-state index contributed by atoms with van der Waals surface area (Å²) in [5.41, 5.74) is 2.54. The zero-order chi connectivity index (χ0) is 22.7. The largest absolute Gasteiger partial charge is 0.508 e. The van der Waals surface area contributed by atoms with E-state index in [9.17, 15) is 19.5 Å². The summed E-state index contributed by atoms with van der Waals surface area (Å²) in [5.74, 6) is -2.12. The van der Waals surface area contributed by atoms with Crippen LogP contribution < -0.4 is 5.32 Å². The summed E-state index contributed by atoms with van der Waals surface area (Å²) in [6, 6.07) is 11.3. The van der Waals surface area contributed by atoms with Gasteiger partial charge in [-0.3, -0.25) is 19.0 Å². The van der Waals surface area contributed by atoms with E-state index in [1.165, 1.54) is 13.0 Å². The number of benzene rings is 2. The van der Waals surface area contributed by atoms with Gasteiger partial charge in [-0.2, -0.15) is 0 Å². The van der Waals surface area contributed by atoms with Crippen molar-refractivity contribution < 1.29 is 24.6 Å². The Labute approximate surface area is 184 Å². The van der Waals surface area contributed by atoms with Crippen LogP contribution >= 0.6 is 11.6 Å². The van der Waals surface area contributed by atoms with E-state index >= 15 is 0 Å². The van der Waals surface area contributed by atoms with Crippen LogP contribution in [0.25, 0.3) is 10.9 Å². The summed E-state index contributed by atoms with van der Waals surface area (Å²) in [6.07, 6.45) is 0.455. The molecule has 0 aliphatic heterocycles. The highest BCUT2D eigenvalue weighted by Gasteiger charge is 2.21. The first-order valence-corrected chi connectivity index (χ1v) is 10.2. The van der Waals surface area contributed by atoms with Gasteiger partial charge in [0, 0.05) is 34.6 Å². The Morgan fingerprint density at radius 2 is 1.81 bits per heavy atom. The third-order valence-corrected chi connectivity index (χ3v) is 5.49. The van der Waals surface area contributed by atoms with Crippen molar-refractivity contribution in [2.45, 2.75) is 26.7 Å². The molecule has 3 rings (SSSR count). The number of halogens is 1. The Morgan fingerprint density at radius 3 is 2.45 bits per heavy atom. The molecule has 1 heterocycles. The number of aryl methyl sites for hydroxylation is 1. The van der Waals surface area contributed by atoms with Crippen LogP contribution in [0.3, 0.4) is 0 Å². The van der Waals surface area contributed by atoms with Crippen molar-refractivity contribution in [3.8, 4) is 5.75 Å². The average Bonchev–Trinajstić information content (AvgIpc) is 3.00. The lowest BCUT2D eigenvalue weighted by atomic mass is 10.1. The summed E-state index contributed by atoms with van der Waals surface area (Å²) >= 11 is 5.93. The quantitative estimate of drug-likeness (QED) is 0.516. The smallest absolute Gasteiger partial charge is 0.308 e. The van der Waals surface area contributed by atoms with Crippen LogP contribution in [0.2, 0.25) is 5.02 Å². The molecule has 3 aromatic rings. The minimum Gasteiger partial charge on any atom is -0.508 e. The summed E-state index contributed by atoms with van der Waals surface area (Å²) in [7, 11) is 0. The first-order chi connectivity index (χ1) is 14.7. The van der Waals surface area contributed by atoms with E-state index in [2.05, 4.69) is 5.32 Å². The van der Waals surface area contributed by atoms with Crippen molar-refractivity contribution in [1.82, 2.24) is 9.88 Å². The third-order valence-electron chi connectivity index (χ3n) is 5.24. The number of aromatic nitrogens is 1. The number of phenolic OH excluding ortho intramolecular Hbond substituents is 1. The molecule has 8 heteroatoms. The van der Waals surface area contributed by atoms with E-state index in [4.69, 9.17) is 16.7 Å². The average molecular weight is 443 g/mol. The lowest BCUT2D eigenvalue weighted by molar-refractivity contribution is -0.141. The molecular weight excluding hydrogens is 420 g/mol. The number of hydrogen-bond donors (Lipinski definition) is 3. The number of phenols is 1. The summed E-state index contributed by atoms with van der Waals surface area (Å²) < 4.78 is 1.57. The highest BCUT2D eigenvalue weighted by Crippen LogP contribution is 2.31. The van der Waals surface area contributed by atoms with Crippen LogP contribution in [-0.4, -0.2) is 39.1 Å². The molecule has 0 radical (unpaired) electrons.